The van der Waals surface area contributed by atoms with Gasteiger partial charge in [-0.2, -0.15) is 0 Å². The first-order valence-electron chi connectivity index (χ1n) is 11.9. The van der Waals surface area contributed by atoms with Crippen molar-refractivity contribution in [3.05, 3.63) is 29.8 Å². The van der Waals surface area contributed by atoms with Crippen molar-refractivity contribution >= 4 is 8.32 Å². The SMILES string of the molecule is CC[C@H](C)[C@@H](O[Si](CC)(CC)CC)[C@H](C)[C@H]1O[C@@H](c2ccc(OC)cc2)OC[C@H]1C. The fourth-order valence-electron chi connectivity index (χ4n) is 4.68. The van der Waals surface area contributed by atoms with E-state index >= 15 is 0 Å². The highest BCUT2D eigenvalue weighted by atomic mass is 28.4. The predicted molar refractivity (Wildman–Crippen MR) is 126 cm³/mol. The Hall–Kier alpha value is -0.883. The zero-order valence-corrected chi connectivity index (χ0v) is 21.4. The molecule has 30 heavy (non-hydrogen) atoms. The maximum Gasteiger partial charge on any atom is 0.192 e. The molecule has 1 aromatic carbocycles. The van der Waals surface area contributed by atoms with Gasteiger partial charge in [0.05, 0.1) is 25.9 Å². The standard InChI is InChI=1S/C25H44O4Si/c1-9-18(5)24(29-30(10-2,11-3)12-4)20(7)23-19(6)17-27-25(28-23)21-13-15-22(26-8)16-14-21/h13-16,18-20,23-25H,9-12,17H2,1-8H3/t18-,19+,20+,23-,24+,25-/m0/s1. The Morgan fingerprint density at radius 3 is 2.13 bits per heavy atom. The van der Waals surface area contributed by atoms with E-state index in [2.05, 4.69) is 48.5 Å². The van der Waals surface area contributed by atoms with Gasteiger partial charge in [0.2, 0.25) is 0 Å². The molecule has 0 bridgehead atoms. The third-order valence-electron chi connectivity index (χ3n) is 7.30. The zero-order chi connectivity index (χ0) is 22.3. The number of benzene rings is 1. The van der Waals surface area contributed by atoms with Crippen molar-refractivity contribution < 1.29 is 18.6 Å². The van der Waals surface area contributed by atoms with Gasteiger partial charge in [-0.15, -0.1) is 0 Å². The molecule has 172 valence electrons. The van der Waals surface area contributed by atoms with E-state index in [9.17, 15) is 0 Å². The number of hydrogen-bond donors (Lipinski definition) is 0. The minimum atomic E-state index is -1.70. The minimum absolute atomic E-state index is 0.113. The lowest BCUT2D eigenvalue weighted by Gasteiger charge is -2.45. The molecule has 6 atom stereocenters. The first-order chi connectivity index (χ1) is 14.3. The van der Waals surface area contributed by atoms with Crippen LogP contribution in [0.1, 0.15) is 66.7 Å². The van der Waals surface area contributed by atoms with Gasteiger partial charge in [0.25, 0.3) is 0 Å². The molecule has 2 rings (SSSR count). The normalized spacial score (nSPS) is 25.5. The molecule has 1 saturated heterocycles. The largest absolute Gasteiger partial charge is 0.497 e. The third-order valence-corrected chi connectivity index (χ3v) is 11.9. The van der Waals surface area contributed by atoms with Crippen molar-refractivity contribution in [2.24, 2.45) is 17.8 Å². The summed E-state index contributed by atoms with van der Waals surface area (Å²) in [5.74, 6) is 2.01. The molecule has 1 aliphatic rings. The second-order valence-corrected chi connectivity index (χ2v) is 13.8. The summed E-state index contributed by atoms with van der Waals surface area (Å²) in [6.45, 7) is 16.8. The molecule has 0 spiro atoms. The van der Waals surface area contributed by atoms with Gasteiger partial charge in [-0.25, -0.2) is 0 Å². The summed E-state index contributed by atoms with van der Waals surface area (Å²) < 4.78 is 25.0. The lowest BCUT2D eigenvalue weighted by Crippen LogP contribution is -2.50. The van der Waals surface area contributed by atoms with E-state index in [0.29, 0.717) is 24.4 Å². The first kappa shape index (κ1) is 25.4. The van der Waals surface area contributed by atoms with Gasteiger partial charge in [0, 0.05) is 17.4 Å². The van der Waals surface area contributed by atoms with Crippen LogP contribution in [0.4, 0.5) is 0 Å². The van der Waals surface area contributed by atoms with Gasteiger partial charge in [0.1, 0.15) is 5.75 Å². The van der Waals surface area contributed by atoms with Crippen LogP contribution in [0.2, 0.25) is 18.1 Å². The van der Waals surface area contributed by atoms with E-state index in [0.717, 1.165) is 17.7 Å². The third kappa shape index (κ3) is 5.87. The molecule has 0 amide bonds. The summed E-state index contributed by atoms with van der Waals surface area (Å²) in [4.78, 5) is 0. The maximum atomic E-state index is 7.07. The fourth-order valence-corrected chi connectivity index (χ4v) is 7.70. The molecular formula is C25H44O4Si. The van der Waals surface area contributed by atoms with Crippen molar-refractivity contribution in [1.29, 1.82) is 0 Å². The molecule has 0 N–H and O–H groups in total. The average molecular weight is 437 g/mol. The molecule has 1 aromatic rings. The summed E-state index contributed by atoms with van der Waals surface area (Å²) in [5.41, 5.74) is 1.04. The molecule has 1 aliphatic heterocycles. The number of hydrogen-bond acceptors (Lipinski definition) is 4. The Bertz CT molecular complexity index is 608. The Morgan fingerprint density at radius 1 is 1.03 bits per heavy atom. The Morgan fingerprint density at radius 2 is 1.63 bits per heavy atom. The van der Waals surface area contributed by atoms with E-state index in [1.165, 1.54) is 18.1 Å². The number of ether oxygens (including phenoxy) is 3. The molecule has 5 heteroatoms. The van der Waals surface area contributed by atoms with Gasteiger partial charge in [0.15, 0.2) is 14.6 Å². The topological polar surface area (TPSA) is 36.9 Å². The van der Waals surface area contributed by atoms with E-state index in [4.69, 9.17) is 18.6 Å². The maximum absolute atomic E-state index is 7.07. The number of methoxy groups -OCH3 is 1. The molecule has 0 aliphatic carbocycles. The van der Waals surface area contributed by atoms with E-state index in [-0.39, 0.29) is 18.5 Å². The number of rotatable bonds is 11. The molecule has 0 unspecified atom stereocenters. The lowest BCUT2D eigenvalue weighted by atomic mass is 9.83. The highest BCUT2D eigenvalue weighted by molar-refractivity contribution is 6.73. The minimum Gasteiger partial charge on any atom is -0.497 e. The zero-order valence-electron chi connectivity index (χ0n) is 20.4. The van der Waals surface area contributed by atoms with Crippen LogP contribution in [0.3, 0.4) is 0 Å². The molecule has 0 saturated carbocycles. The van der Waals surface area contributed by atoms with Crippen molar-refractivity contribution in [1.82, 2.24) is 0 Å². The second-order valence-electron chi connectivity index (χ2n) is 9.09. The molecule has 0 radical (unpaired) electrons. The fraction of sp³-hybridized carbons (Fsp3) is 0.760. The summed E-state index contributed by atoms with van der Waals surface area (Å²) >= 11 is 0. The van der Waals surface area contributed by atoms with Crippen LogP contribution in [0, 0.1) is 17.8 Å². The van der Waals surface area contributed by atoms with Gasteiger partial charge < -0.3 is 18.6 Å². The van der Waals surface area contributed by atoms with E-state index in [1.54, 1.807) is 7.11 Å². The van der Waals surface area contributed by atoms with Crippen LogP contribution in [0.15, 0.2) is 24.3 Å². The van der Waals surface area contributed by atoms with Crippen molar-refractivity contribution in [2.75, 3.05) is 13.7 Å². The summed E-state index contributed by atoms with van der Waals surface area (Å²) in [6.07, 6.45) is 1.13. The summed E-state index contributed by atoms with van der Waals surface area (Å²) in [5, 5.41) is 0. The van der Waals surface area contributed by atoms with E-state index in [1.807, 2.05) is 24.3 Å². The van der Waals surface area contributed by atoms with Crippen LogP contribution in [0.25, 0.3) is 0 Å². The highest BCUT2D eigenvalue weighted by Crippen LogP contribution is 2.38. The molecule has 0 aromatic heterocycles. The Balaban J connectivity index is 2.22. The summed E-state index contributed by atoms with van der Waals surface area (Å²) in [7, 11) is -0.0162. The molecule has 4 nitrogen and oxygen atoms in total. The Labute approximate surface area is 185 Å². The van der Waals surface area contributed by atoms with Crippen LogP contribution in [-0.2, 0) is 13.9 Å². The monoisotopic (exact) mass is 436 g/mol. The van der Waals surface area contributed by atoms with Crippen molar-refractivity contribution in [3.8, 4) is 5.75 Å². The molecule has 1 heterocycles. The predicted octanol–water partition coefficient (Wildman–Crippen LogP) is 6.82. The highest BCUT2D eigenvalue weighted by Gasteiger charge is 2.42. The summed E-state index contributed by atoms with van der Waals surface area (Å²) in [6, 6.07) is 11.5. The van der Waals surface area contributed by atoms with Gasteiger partial charge in [-0.05, 0) is 36.2 Å². The second kappa shape index (κ2) is 11.7. The Kier molecular flexibility index (Phi) is 9.86. The first-order valence-corrected chi connectivity index (χ1v) is 14.5. The van der Waals surface area contributed by atoms with Gasteiger partial charge in [-0.1, -0.05) is 67.0 Å². The smallest absolute Gasteiger partial charge is 0.192 e. The van der Waals surface area contributed by atoms with Gasteiger partial charge in [-0.3, -0.25) is 0 Å². The average Bonchev–Trinajstić information content (AvgIpc) is 2.80. The van der Waals surface area contributed by atoms with Crippen LogP contribution in [0.5, 0.6) is 5.75 Å². The van der Waals surface area contributed by atoms with Crippen molar-refractivity contribution in [2.45, 2.75) is 91.5 Å². The van der Waals surface area contributed by atoms with Gasteiger partial charge >= 0.3 is 0 Å². The van der Waals surface area contributed by atoms with Crippen LogP contribution < -0.4 is 4.74 Å². The van der Waals surface area contributed by atoms with E-state index < -0.39 is 8.32 Å². The van der Waals surface area contributed by atoms with Crippen molar-refractivity contribution in [3.63, 3.8) is 0 Å². The lowest BCUT2D eigenvalue weighted by molar-refractivity contribution is -0.256. The molecular weight excluding hydrogens is 392 g/mol. The van der Waals surface area contributed by atoms with Crippen LogP contribution in [-0.4, -0.2) is 34.2 Å². The van der Waals surface area contributed by atoms with Crippen LogP contribution >= 0.6 is 0 Å². The quantitative estimate of drug-likeness (QED) is 0.357. The molecule has 1 fully saturated rings.